The summed E-state index contributed by atoms with van der Waals surface area (Å²) in [5.74, 6) is 0.406. The Morgan fingerprint density at radius 3 is 1.88 bits per heavy atom. The predicted octanol–water partition coefficient (Wildman–Crippen LogP) is 5.95. The fraction of sp³-hybridized carbons (Fsp3) is 0.394. The lowest BCUT2D eigenvalue weighted by molar-refractivity contribution is -0.194. The second-order valence-corrected chi connectivity index (χ2v) is 10.8. The number of nitrogens with zero attached hydrogens (tertiary/aromatic N) is 3. The van der Waals surface area contributed by atoms with Gasteiger partial charge in [0.2, 0.25) is 0 Å². The van der Waals surface area contributed by atoms with E-state index in [9.17, 15) is 9.59 Å². The van der Waals surface area contributed by atoms with Crippen molar-refractivity contribution >= 4 is 12.0 Å². The lowest BCUT2D eigenvalue weighted by Gasteiger charge is -2.35. The Balaban J connectivity index is 1.43. The zero-order valence-corrected chi connectivity index (χ0v) is 23.6. The molecule has 40 heavy (non-hydrogen) atoms. The fourth-order valence-electron chi connectivity index (χ4n) is 5.63. The van der Waals surface area contributed by atoms with Gasteiger partial charge in [0.1, 0.15) is 0 Å². The Labute approximate surface area is 237 Å². The Morgan fingerprint density at radius 1 is 0.800 bits per heavy atom. The second kappa shape index (κ2) is 12.7. The van der Waals surface area contributed by atoms with E-state index in [4.69, 9.17) is 9.57 Å². The highest BCUT2D eigenvalue weighted by molar-refractivity contribution is 5.81. The molecule has 3 aromatic rings. The third-order valence-electron chi connectivity index (χ3n) is 7.86. The SMILES string of the molecule is CCOC(=O)N1CCN(C(=O)C2CC(c3ccc(C(C)C)cc3)N(C(c3ccccc3)c3ccccc3)O2)CC1. The maximum absolute atomic E-state index is 13.8. The highest BCUT2D eigenvalue weighted by Crippen LogP contribution is 2.44. The average Bonchev–Trinajstić information content (AvgIpc) is 3.43. The molecule has 0 aromatic heterocycles. The van der Waals surface area contributed by atoms with Crippen LogP contribution in [0.5, 0.6) is 0 Å². The summed E-state index contributed by atoms with van der Waals surface area (Å²) in [6.07, 6.45) is -0.385. The van der Waals surface area contributed by atoms with E-state index in [2.05, 4.69) is 62.4 Å². The van der Waals surface area contributed by atoms with Crippen molar-refractivity contribution in [1.82, 2.24) is 14.9 Å². The largest absolute Gasteiger partial charge is 0.450 e. The number of benzene rings is 3. The van der Waals surface area contributed by atoms with Gasteiger partial charge in [0.05, 0.1) is 18.7 Å². The molecule has 2 atom stereocenters. The molecule has 7 heteroatoms. The van der Waals surface area contributed by atoms with E-state index in [-0.39, 0.29) is 24.1 Å². The molecule has 2 unspecified atom stereocenters. The number of ether oxygens (including phenoxy) is 1. The minimum Gasteiger partial charge on any atom is -0.450 e. The Hall–Kier alpha value is -3.68. The monoisotopic (exact) mass is 541 g/mol. The molecule has 0 aliphatic carbocycles. The lowest BCUT2D eigenvalue weighted by atomic mass is 9.93. The van der Waals surface area contributed by atoms with Crippen molar-refractivity contribution in [2.24, 2.45) is 0 Å². The summed E-state index contributed by atoms with van der Waals surface area (Å²) in [5.41, 5.74) is 4.62. The maximum Gasteiger partial charge on any atom is 0.409 e. The molecule has 7 nitrogen and oxygen atoms in total. The molecular formula is C33H39N3O4. The first-order chi connectivity index (χ1) is 19.5. The number of piperazine rings is 1. The number of carbonyl (C=O) groups is 2. The number of carbonyl (C=O) groups excluding carboxylic acids is 2. The van der Waals surface area contributed by atoms with Gasteiger partial charge in [-0.3, -0.25) is 9.63 Å². The van der Waals surface area contributed by atoms with Gasteiger partial charge >= 0.3 is 6.09 Å². The van der Waals surface area contributed by atoms with E-state index in [0.717, 1.165) is 16.7 Å². The smallest absolute Gasteiger partial charge is 0.409 e. The van der Waals surface area contributed by atoms with Gasteiger partial charge in [-0.15, -0.1) is 0 Å². The molecule has 2 heterocycles. The number of hydrogen-bond donors (Lipinski definition) is 0. The maximum atomic E-state index is 13.8. The van der Waals surface area contributed by atoms with Crippen LogP contribution in [0.25, 0.3) is 0 Å². The van der Waals surface area contributed by atoms with E-state index in [1.165, 1.54) is 5.56 Å². The van der Waals surface area contributed by atoms with Crippen molar-refractivity contribution in [3.63, 3.8) is 0 Å². The van der Waals surface area contributed by atoms with Crippen LogP contribution in [-0.2, 0) is 14.4 Å². The van der Waals surface area contributed by atoms with Gasteiger partial charge in [0.25, 0.3) is 5.91 Å². The van der Waals surface area contributed by atoms with Crippen molar-refractivity contribution in [1.29, 1.82) is 0 Å². The van der Waals surface area contributed by atoms with Crippen LogP contribution < -0.4 is 0 Å². The summed E-state index contributed by atoms with van der Waals surface area (Å²) in [6, 6.07) is 29.1. The number of amides is 2. The minimum atomic E-state index is -0.612. The highest BCUT2D eigenvalue weighted by Gasteiger charge is 2.44. The standard InChI is InChI=1S/C33H39N3O4/c1-4-39-33(38)35-21-19-34(20-22-35)32(37)30-23-29(26-17-15-25(16-18-26)24(2)3)36(40-30)31(27-11-7-5-8-12-27)28-13-9-6-10-14-28/h5-18,24,29-31H,4,19-23H2,1-3H3. The van der Waals surface area contributed by atoms with Gasteiger partial charge in [-0.05, 0) is 35.1 Å². The van der Waals surface area contributed by atoms with Crippen molar-refractivity contribution in [2.45, 2.75) is 51.3 Å². The highest BCUT2D eigenvalue weighted by atomic mass is 16.7. The van der Waals surface area contributed by atoms with E-state index < -0.39 is 6.10 Å². The van der Waals surface area contributed by atoms with Gasteiger partial charge < -0.3 is 14.5 Å². The summed E-state index contributed by atoms with van der Waals surface area (Å²) < 4.78 is 5.14. The summed E-state index contributed by atoms with van der Waals surface area (Å²) in [6.45, 7) is 8.36. The molecule has 3 aromatic carbocycles. The molecule has 2 fully saturated rings. The second-order valence-electron chi connectivity index (χ2n) is 10.8. The van der Waals surface area contributed by atoms with Crippen LogP contribution in [0, 0.1) is 0 Å². The predicted molar refractivity (Wildman–Crippen MR) is 155 cm³/mol. The molecule has 0 N–H and O–H groups in total. The number of hydrogen-bond acceptors (Lipinski definition) is 5. The van der Waals surface area contributed by atoms with Crippen molar-refractivity contribution < 1.29 is 19.2 Å². The van der Waals surface area contributed by atoms with Crippen molar-refractivity contribution in [2.75, 3.05) is 32.8 Å². The zero-order chi connectivity index (χ0) is 28.1. The van der Waals surface area contributed by atoms with E-state index in [1.54, 1.807) is 11.8 Å². The van der Waals surface area contributed by atoms with Crippen LogP contribution in [0.2, 0.25) is 0 Å². The first-order valence-electron chi connectivity index (χ1n) is 14.3. The van der Waals surface area contributed by atoms with Crippen LogP contribution >= 0.6 is 0 Å². The Bertz CT molecular complexity index is 1220. The van der Waals surface area contributed by atoms with Crippen molar-refractivity contribution in [3.8, 4) is 0 Å². The van der Waals surface area contributed by atoms with E-state index in [0.29, 0.717) is 45.1 Å². The van der Waals surface area contributed by atoms with Crippen LogP contribution in [-0.4, -0.2) is 65.8 Å². The third-order valence-corrected chi connectivity index (χ3v) is 7.86. The first kappa shape index (κ1) is 27.9. The normalized spacial score (nSPS) is 19.8. The van der Waals surface area contributed by atoms with Crippen LogP contribution in [0.1, 0.15) is 67.4 Å². The first-order valence-corrected chi connectivity index (χ1v) is 14.3. The number of hydroxylamine groups is 2. The molecule has 2 aliphatic heterocycles. The topological polar surface area (TPSA) is 62.3 Å². The average molecular weight is 542 g/mol. The van der Waals surface area contributed by atoms with E-state index >= 15 is 0 Å². The van der Waals surface area contributed by atoms with Crippen LogP contribution in [0.15, 0.2) is 84.9 Å². The third kappa shape index (κ3) is 6.06. The molecule has 0 bridgehead atoms. The molecule has 2 amide bonds. The van der Waals surface area contributed by atoms with Gasteiger partial charge in [-0.2, -0.15) is 5.06 Å². The molecule has 0 radical (unpaired) electrons. The Kier molecular flexibility index (Phi) is 8.82. The molecule has 2 saturated heterocycles. The van der Waals surface area contributed by atoms with Gasteiger partial charge in [0.15, 0.2) is 6.10 Å². The van der Waals surface area contributed by atoms with Crippen LogP contribution in [0.4, 0.5) is 4.79 Å². The number of rotatable bonds is 7. The molecule has 5 rings (SSSR count). The quantitative estimate of drug-likeness (QED) is 0.370. The molecule has 210 valence electrons. The molecule has 0 spiro atoms. The molecule has 2 aliphatic rings. The Morgan fingerprint density at radius 2 is 1.35 bits per heavy atom. The minimum absolute atomic E-state index is 0.0327. The summed E-state index contributed by atoms with van der Waals surface area (Å²) in [5, 5.41) is 2.03. The van der Waals surface area contributed by atoms with Crippen molar-refractivity contribution in [3.05, 3.63) is 107 Å². The zero-order valence-electron chi connectivity index (χ0n) is 23.6. The molecule has 0 saturated carbocycles. The van der Waals surface area contributed by atoms with Gasteiger partial charge in [-0.1, -0.05) is 98.8 Å². The summed E-state index contributed by atoms with van der Waals surface area (Å²) in [4.78, 5) is 36.1. The lowest BCUT2D eigenvalue weighted by Crippen LogP contribution is -2.53. The van der Waals surface area contributed by atoms with Crippen LogP contribution in [0.3, 0.4) is 0 Å². The van der Waals surface area contributed by atoms with Gasteiger partial charge in [0, 0.05) is 32.6 Å². The fourth-order valence-corrected chi connectivity index (χ4v) is 5.63. The van der Waals surface area contributed by atoms with Gasteiger partial charge in [-0.25, -0.2) is 4.79 Å². The molecular weight excluding hydrogens is 502 g/mol. The summed E-state index contributed by atoms with van der Waals surface area (Å²) in [7, 11) is 0. The summed E-state index contributed by atoms with van der Waals surface area (Å²) >= 11 is 0. The van der Waals surface area contributed by atoms with E-state index in [1.807, 2.05) is 46.4 Å².